The molecule has 0 amide bonds. The summed E-state index contributed by atoms with van der Waals surface area (Å²) in [6.45, 7) is 4.47. The molecule has 1 fully saturated rings. The largest absolute Gasteiger partial charge is 0.247 e. The zero-order valence-corrected chi connectivity index (χ0v) is 11.1. The number of nitrogens with zero attached hydrogens (tertiary/aromatic N) is 1. The Labute approximate surface area is 98.1 Å². The first kappa shape index (κ1) is 10.6. The molecule has 2 rings (SSSR count). The molecule has 1 aliphatic rings. The maximum Gasteiger partial charge on any atom is 0.0933 e. The van der Waals surface area contributed by atoms with E-state index in [0.29, 0.717) is 5.41 Å². The standard InChI is InChI=1S/C11H16BrNS/c1-8-7-14-10(13-8)6-11(2)4-3-9(12)5-11/h7,9H,3-6H2,1-2H3. The van der Waals surface area contributed by atoms with Crippen LogP contribution >= 0.6 is 27.3 Å². The average molecular weight is 274 g/mol. The SMILES string of the molecule is Cc1csc(CC2(C)CCC(Br)C2)n1. The highest BCUT2D eigenvalue weighted by Crippen LogP contribution is 2.43. The number of alkyl halides is 1. The van der Waals surface area contributed by atoms with Gasteiger partial charge in [0.05, 0.1) is 5.01 Å². The number of rotatable bonds is 2. The summed E-state index contributed by atoms with van der Waals surface area (Å²) in [5.41, 5.74) is 1.65. The molecule has 0 radical (unpaired) electrons. The molecule has 0 aromatic carbocycles. The zero-order chi connectivity index (χ0) is 10.2. The van der Waals surface area contributed by atoms with Gasteiger partial charge in [0.1, 0.15) is 0 Å². The molecule has 1 aliphatic carbocycles. The van der Waals surface area contributed by atoms with Gasteiger partial charge in [-0.2, -0.15) is 0 Å². The van der Waals surface area contributed by atoms with Crippen LogP contribution in [0.1, 0.15) is 36.9 Å². The Balaban J connectivity index is 2.03. The minimum atomic E-state index is 0.485. The van der Waals surface area contributed by atoms with Crippen LogP contribution in [-0.2, 0) is 6.42 Å². The van der Waals surface area contributed by atoms with Crippen LogP contribution < -0.4 is 0 Å². The summed E-state index contributed by atoms with van der Waals surface area (Å²) in [6.07, 6.45) is 5.11. The molecule has 1 aromatic rings. The topological polar surface area (TPSA) is 12.9 Å². The van der Waals surface area contributed by atoms with E-state index >= 15 is 0 Å². The van der Waals surface area contributed by atoms with Crippen molar-refractivity contribution in [1.82, 2.24) is 4.98 Å². The lowest BCUT2D eigenvalue weighted by Gasteiger charge is -2.21. The van der Waals surface area contributed by atoms with Gasteiger partial charge in [0, 0.05) is 22.3 Å². The normalized spacial score (nSPS) is 32.4. The minimum Gasteiger partial charge on any atom is -0.247 e. The highest BCUT2D eigenvalue weighted by molar-refractivity contribution is 9.09. The smallest absolute Gasteiger partial charge is 0.0933 e. The number of hydrogen-bond acceptors (Lipinski definition) is 2. The van der Waals surface area contributed by atoms with Crippen LogP contribution in [0.4, 0.5) is 0 Å². The second-order valence-electron chi connectivity index (χ2n) is 4.71. The molecule has 1 nitrogen and oxygen atoms in total. The van der Waals surface area contributed by atoms with Gasteiger partial charge in [0.2, 0.25) is 0 Å². The van der Waals surface area contributed by atoms with E-state index in [4.69, 9.17) is 0 Å². The molecule has 0 N–H and O–H groups in total. The fraction of sp³-hybridized carbons (Fsp3) is 0.727. The molecule has 1 heterocycles. The molecule has 0 bridgehead atoms. The Morgan fingerprint density at radius 3 is 3.00 bits per heavy atom. The monoisotopic (exact) mass is 273 g/mol. The first-order chi connectivity index (χ1) is 6.57. The van der Waals surface area contributed by atoms with Crippen LogP contribution in [-0.4, -0.2) is 9.81 Å². The fourth-order valence-corrected chi connectivity index (χ4v) is 4.25. The Morgan fingerprint density at radius 2 is 2.50 bits per heavy atom. The molecule has 1 aromatic heterocycles. The molecule has 78 valence electrons. The number of hydrogen-bond donors (Lipinski definition) is 0. The van der Waals surface area contributed by atoms with Gasteiger partial charge in [-0.05, 0) is 31.6 Å². The number of halogens is 1. The highest BCUT2D eigenvalue weighted by atomic mass is 79.9. The molecule has 0 saturated heterocycles. The Kier molecular flexibility index (Phi) is 2.98. The average Bonchev–Trinajstić information content (AvgIpc) is 2.60. The maximum atomic E-state index is 4.55. The second-order valence-corrected chi connectivity index (χ2v) is 6.95. The molecule has 14 heavy (non-hydrogen) atoms. The number of thiazole rings is 1. The van der Waals surface area contributed by atoms with E-state index < -0.39 is 0 Å². The van der Waals surface area contributed by atoms with E-state index in [2.05, 4.69) is 40.1 Å². The Hall–Kier alpha value is 0.110. The van der Waals surface area contributed by atoms with Crippen molar-refractivity contribution in [3.05, 3.63) is 16.1 Å². The predicted octanol–water partition coefficient (Wildman–Crippen LogP) is 3.95. The summed E-state index contributed by atoms with van der Waals surface area (Å²) in [7, 11) is 0. The van der Waals surface area contributed by atoms with E-state index in [1.54, 1.807) is 0 Å². The lowest BCUT2D eigenvalue weighted by atomic mass is 9.85. The Morgan fingerprint density at radius 1 is 1.71 bits per heavy atom. The molecule has 0 aliphatic heterocycles. The zero-order valence-electron chi connectivity index (χ0n) is 8.72. The maximum absolute atomic E-state index is 4.55. The summed E-state index contributed by atoms with van der Waals surface area (Å²) in [4.78, 5) is 5.28. The molecular formula is C11H16BrNS. The van der Waals surface area contributed by atoms with Crippen molar-refractivity contribution in [2.24, 2.45) is 5.41 Å². The van der Waals surface area contributed by atoms with Crippen molar-refractivity contribution in [2.75, 3.05) is 0 Å². The van der Waals surface area contributed by atoms with Crippen molar-refractivity contribution in [1.29, 1.82) is 0 Å². The third-order valence-corrected chi connectivity index (χ3v) is 4.77. The predicted molar refractivity (Wildman–Crippen MR) is 65.2 cm³/mol. The van der Waals surface area contributed by atoms with Crippen LogP contribution in [0, 0.1) is 12.3 Å². The summed E-state index contributed by atoms with van der Waals surface area (Å²) < 4.78 is 0. The van der Waals surface area contributed by atoms with Crippen LogP contribution in [0.3, 0.4) is 0 Å². The molecule has 2 atom stereocenters. The quantitative estimate of drug-likeness (QED) is 0.744. The third-order valence-electron chi connectivity index (χ3n) is 3.02. The summed E-state index contributed by atoms with van der Waals surface area (Å²) in [5.74, 6) is 0. The number of aryl methyl sites for hydroxylation is 1. The lowest BCUT2D eigenvalue weighted by molar-refractivity contribution is 0.335. The van der Waals surface area contributed by atoms with Crippen LogP contribution in [0.5, 0.6) is 0 Å². The summed E-state index contributed by atoms with van der Waals surface area (Å²) in [5, 5.41) is 3.46. The number of aromatic nitrogens is 1. The molecule has 2 unspecified atom stereocenters. The van der Waals surface area contributed by atoms with Crippen LogP contribution in [0.2, 0.25) is 0 Å². The van der Waals surface area contributed by atoms with Gasteiger partial charge in [-0.25, -0.2) is 4.98 Å². The van der Waals surface area contributed by atoms with E-state index in [9.17, 15) is 0 Å². The Bertz CT molecular complexity index is 323. The summed E-state index contributed by atoms with van der Waals surface area (Å²) >= 11 is 5.53. The van der Waals surface area contributed by atoms with Gasteiger partial charge in [-0.1, -0.05) is 22.9 Å². The summed E-state index contributed by atoms with van der Waals surface area (Å²) in [6, 6.07) is 0. The van der Waals surface area contributed by atoms with Crippen LogP contribution in [0.25, 0.3) is 0 Å². The van der Waals surface area contributed by atoms with Crippen molar-refractivity contribution in [3.63, 3.8) is 0 Å². The van der Waals surface area contributed by atoms with Gasteiger partial charge >= 0.3 is 0 Å². The van der Waals surface area contributed by atoms with Crippen molar-refractivity contribution < 1.29 is 0 Å². The van der Waals surface area contributed by atoms with Gasteiger partial charge in [-0.15, -0.1) is 11.3 Å². The lowest BCUT2D eigenvalue weighted by Crippen LogP contribution is -2.15. The van der Waals surface area contributed by atoms with Gasteiger partial charge in [0.15, 0.2) is 0 Å². The van der Waals surface area contributed by atoms with E-state index in [1.807, 2.05) is 11.3 Å². The van der Waals surface area contributed by atoms with E-state index in [0.717, 1.165) is 11.2 Å². The highest BCUT2D eigenvalue weighted by Gasteiger charge is 2.34. The molecule has 1 saturated carbocycles. The second kappa shape index (κ2) is 3.93. The van der Waals surface area contributed by atoms with Gasteiger partial charge in [0.25, 0.3) is 0 Å². The first-order valence-corrected chi connectivity index (χ1v) is 6.92. The van der Waals surface area contributed by atoms with E-state index in [-0.39, 0.29) is 0 Å². The minimum absolute atomic E-state index is 0.485. The molecule has 3 heteroatoms. The van der Waals surface area contributed by atoms with Crippen molar-refractivity contribution in [3.8, 4) is 0 Å². The molecule has 0 spiro atoms. The third kappa shape index (κ3) is 2.37. The van der Waals surface area contributed by atoms with Gasteiger partial charge < -0.3 is 0 Å². The molecular weight excluding hydrogens is 258 g/mol. The van der Waals surface area contributed by atoms with Crippen molar-refractivity contribution in [2.45, 2.75) is 44.4 Å². The fourth-order valence-electron chi connectivity index (χ4n) is 2.25. The van der Waals surface area contributed by atoms with Gasteiger partial charge in [-0.3, -0.25) is 0 Å². The first-order valence-electron chi connectivity index (χ1n) is 5.12. The van der Waals surface area contributed by atoms with E-state index in [1.165, 1.54) is 30.0 Å². The van der Waals surface area contributed by atoms with Crippen molar-refractivity contribution >= 4 is 27.3 Å². The van der Waals surface area contributed by atoms with Crippen LogP contribution in [0.15, 0.2) is 5.38 Å².